The van der Waals surface area contributed by atoms with E-state index in [0.29, 0.717) is 12.8 Å². The number of hydrogen-bond acceptors (Lipinski definition) is 6. The zero-order valence-electron chi connectivity index (χ0n) is 34.4. The van der Waals surface area contributed by atoms with Crippen LogP contribution in [0.4, 0.5) is 0 Å². The molecule has 0 spiro atoms. The van der Waals surface area contributed by atoms with E-state index >= 15 is 0 Å². The maximum absolute atomic E-state index is 12.7. The van der Waals surface area contributed by atoms with Crippen LogP contribution in [0.15, 0.2) is 72.9 Å². The van der Waals surface area contributed by atoms with Crippen LogP contribution in [0.25, 0.3) is 0 Å². The van der Waals surface area contributed by atoms with Gasteiger partial charge in [-0.1, -0.05) is 138 Å². The third-order valence-electron chi connectivity index (χ3n) is 8.92. The molecule has 0 aliphatic carbocycles. The van der Waals surface area contributed by atoms with Gasteiger partial charge in [0.25, 0.3) is 0 Å². The van der Waals surface area contributed by atoms with E-state index < -0.39 is 24.5 Å². The summed E-state index contributed by atoms with van der Waals surface area (Å²) in [5.41, 5.74) is 0. The number of carbonyl (C=O) groups is 4. The number of unbranched alkanes of at least 4 members (excludes halogenated alkanes) is 13. The van der Waals surface area contributed by atoms with Crippen molar-refractivity contribution in [3.8, 4) is 0 Å². The van der Waals surface area contributed by atoms with Crippen LogP contribution in [-0.2, 0) is 23.9 Å². The molecular formula is C46H76N2O7. The minimum atomic E-state index is -1.40. The standard InChI is InChI=1S/C46H76N2O7/c1-3-5-7-9-11-13-14-15-16-17-18-19-20-21-22-24-26-28-34-38-45(52)55-41(35-31-27-25-23-12-10-8-6-4-2)36-32-29-30-33-37-43(50)47-39-44(51)48-42(40-49)46(53)54/h5,7,11,13,15-16,18-19,23,25,31,35,41-42,49H,3-4,6,8-10,12,14,17,20-22,24,26-30,32-34,36-40H2,1-2H3,(H,47,50)(H,48,51)(H,53,54)/b7-5-,13-11-,16-15-,19-18-,25-23-,35-31-. The van der Waals surface area contributed by atoms with Crippen LogP contribution in [0.1, 0.15) is 168 Å². The number of aliphatic carboxylic acids is 1. The molecule has 0 saturated heterocycles. The maximum atomic E-state index is 12.7. The number of aliphatic hydroxyl groups is 1. The second-order valence-electron chi connectivity index (χ2n) is 14.0. The van der Waals surface area contributed by atoms with Gasteiger partial charge in [0.1, 0.15) is 12.1 Å². The molecule has 9 nitrogen and oxygen atoms in total. The minimum Gasteiger partial charge on any atom is -0.480 e. The van der Waals surface area contributed by atoms with E-state index in [4.69, 9.17) is 14.9 Å². The van der Waals surface area contributed by atoms with Crippen molar-refractivity contribution in [1.82, 2.24) is 10.6 Å². The normalized spacial score (nSPS) is 13.2. The number of amides is 2. The predicted octanol–water partition coefficient (Wildman–Crippen LogP) is 10.3. The lowest BCUT2D eigenvalue weighted by atomic mass is 10.1. The largest absolute Gasteiger partial charge is 0.480 e. The lowest BCUT2D eigenvalue weighted by Crippen LogP contribution is -2.47. The molecule has 2 atom stereocenters. The Kier molecular flexibility index (Phi) is 37.3. The maximum Gasteiger partial charge on any atom is 0.328 e. The van der Waals surface area contributed by atoms with Gasteiger partial charge in [-0.3, -0.25) is 14.4 Å². The zero-order chi connectivity index (χ0) is 40.5. The summed E-state index contributed by atoms with van der Waals surface area (Å²) in [7, 11) is 0. The van der Waals surface area contributed by atoms with E-state index in [2.05, 4.69) is 91.3 Å². The first kappa shape index (κ1) is 51.3. The molecular weight excluding hydrogens is 693 g/mol. The van der Waals surface area contributed by atoms with Crippen LogP contribution in [-0.4, -0.2) is 59.3 Å². The van der Waals surface area contributed by atoms with Crippen LogP contribution in [0.3, 0.4) is 0 Å². The molecule has 0 radical (unpaired) electrons. The molecule has 0 aliphatic heterocycles. The van der Waals surface area contributed by atoms with Crippen LogP contribution in [0.5, 0.6) is 0 Å². The summed E-state index contributed by atoms with van der Waals surface area (Å²) in [5, 5.41) is 22.5. The Labute approximate surface area is 333 Å². The third-order valence-corrected chi connectivity index (χ3v) is 8.92. The summed E-state index contributed by atoms with van der Waals surface area (Å²) in [6.07, 6.45) is 49.4. The van der Waals surface area contributed by atoms with Gasteiger partial charge >= 0.3 is 11.9 Å². The quantitative estimate of drug-likeness (QED) is 0.0280. The first-order valence-electron chi connectivity index (χ1n) is 21.3. The zero-order valence-corrected chi connectivity index (χ0v) is 34.4. The SMILES string of the molecule is CC/C=C\C/C=C\C/C=C\C/C=C\CCCCCCCCC(=O)OC(/C=C\C/C=C\CCCCCC)CCCCCCC(=O)NCC(=O)NC(CO)C(=O)O. The first-order chi connectivity index (χ1) is 26.8. The number of nitrogens with one attached hydrogen (secondary N) is 2. The van der Waals surface area contributed by atoms with E-state index in [9.17, 15) is 19.2 Å². The van der Waals surface area contributed by atoms with Crippen LogP contribution < -0.4 is 10.6 Å². The van der Waals surface area contributed by atoms with E-state index in [0.717, 1.165) is 89.9 Å². The highest BCUT2D eigenvalue weighted by Crippen LogP contribution is 2.15. The fraction of sp³-hybridized carbons (Fsp3) is 0.652. The molecule has 4 N–H and O–H groups in total. The van der Waals surface area contributed by atoms with Gasteiger partial charge in [0.15, 0.2) is 0 Å². The molecule has 9 heteroatoms. The molecule has 0 aromatic rings. The van der Waals surface area contributed by atoms with Gasteiger partial charge in [0.05, 0.1) is 13.2 Å². The number of aliphatic hydroxyl groups excluding tert-OH is 1. The molecule has 0 saturated carbocycles. The topological polar surface area (TPSA) is 142 Å². The number of carboxylic acid groups (broad SMARTS) is 1. The van der Waals surface area contributed by atoms with Crippen LogP contribution in [0.2, 0.25) is 0 Å². The Morgan fingerprint density at radius 1 is 0.582 bits per heavy atom. The molecule has 2 unspecified atom stereocenters. The number of hydrogen-bond donors (Lipinski definition) is 4. The summed E-state index contributed by atoms with van der Waals surface area (Å²) in [4.78, 5) is 47.5. The molecule has 0 heterocycles. The second kappa shape index (κ2) is 40.0. The monoisotopic (exact) mass is 769 g/mol. The summed E-state index contributed by atoms with van der Waals surface area (Å²) < 4.78 is 5.89. The minimum absolute atomic E-state index is 0.144. The Morgan fingerprint density at radius 3 is 1.67 bits per heavy atom. The van der Waals surface area contributed by atoms with E-state index in [1.165, 1.54) is 44.9 Å². The van der Waals surface area contributed by atoms with Gasteiger partial charge in [-0.05, 0) is 89.5 Å². The molecule has 0 bridgehead atoms. The van der Waals surface area contributed by atoms with E-state index in [-0.39, 0.29) is 30.9 Å². The highest BCUT2D eigenvalue weighted by atomic mass is 16.5. The van der Waals surface area contributed by atoms with Crippen molar-refractivity contribution in [2.45, 2.75) is 180 Å². The predicted molar refractivity (Wildman–Crippen MR) is 227 cm³/mol. The lowest BCUT2D eigenvalue weighted by molar-refractivity contribution is -0.147. The molecule has 0 aromatic heterocycles. The lowest BCUT2D eigenvalue weighted by Gasteiger charge is -2.15. The fourth-order valence-electron chi connectivity index (χ4n) is 5.65. The number of carboxylic acids is 1. The van der Waals surface area contributed by atoms with Crippen molar-refractivity contribution in [3.63, 3.8) is 0 Å². The molecule has 0 fully saturated rings. The summed E-state index contributed by atoms with van der Waals surface area (Å²) in [6, 6.07) is -1.40. The Bertz CT molecular complexity index is 1150. The molecule has 312 valence electrons. The average molecular weight is 769 g/mol. The molecule has 0 aliphatic rings. The number of carbonyl (C=O) groups excluding carboxylic acids is 3. The van der Waals surface area contributed by atoms with Gasteiger partial charge in [-0.2, -0.15) is 0 Å². The third kappa shape index (κ3) is 37.0. The van der Waals surface area contributed by atoms with Gasteiger partial charge in [0.2, 0.25) is 11.8 Å². The van der Waals surface area contributed by atoms with Gasteiger partial charge in [-0.15, -0.1) is 0 Å². The van der Waals surface area contributed by atoms with Crippen LogP contribution >= 0.6 is 0 Å². The van der Waals surface area contributed by atoms with Crippen molar-refractivity contribution in [2.24, 2.45) is 0 Å². The second-order valence-corrected chi connectivity index (χ2v) is 14.0. The van der Waals surface area contributed by atoms with Crippen molar-refractivity contribution >= 4 is 23.8 Å². The summed E-state index contributed by atoms with van der Waals surface area (Å²) in [6.45, 7) is 3.30. The van der Waals surface area contributed by atoms with Crippen molar-refractivity contribution in [3.05, 3.63) is 72.9 Å². The van der Waals surface area contributed by atoms with Gasteiger partial charge < -0.3 is 25.6 Å². The highest BCUT2D eigenvalue weighted by molar-refractivity contribution is 5.87. The number of rotatable bonds is 37. The van der Waals surface area contributed by atoms with Gasteiger partial charge in [-0.25, -0.2) is 4.79 Å². The number of allylic oxidation sites excluding steroid dienone is 11. The highest BCUT2D eigenvalue weighted by Gasteiger charge is 2.18. The number of esters is 1. The molecule has 55 heavy (non-hydrogen) atoms. The van der Waals surface area contributed by atoms with E-state index in [1.54, 1.807) is 0 Å². The fourth-order valence-corrected chi connectivity index (χ4v) is 5.65. The van der Waals surface area contributed by atoms with Crippen molar-refractivity contribution in [2.75, 3.05) is 13.2 Å². The smallest absolute Gasteiger partial charge is 0.328 e. The van der Waals surface area contributed by atoms with Crippen molar-refractivity contribution < 1.29 is 34.1 Å². The Morgan fingerprint density at radius 2 is 1.09 bits per heavy atom. The number of ether oxygens (including phenoxy) is 1. The Hall–Kier alpha value is -3.72. The molecule has 0 rings (SSSR count). The summed E-state index contributed by atoms with van der Waals surface area (Å²) in [5.74, 6) is -2.45. The van der Waals surface area contributed by atoms with Gasteiger partial charge in [0, 0.05) is 12.8 Å². The van der Waals surface area contributed by atoms with Crippen LogP contribution in [0, 0.1) is 0 Å². The molecule has 0 aromatic carbocycles. The van der Waals surface area contributed by atoms with E-state index in [1.807, 2.05) is 6.08 Å². The average Bonchev–Trinajstić information content (AvgIpc) is 3.17. The summed E-state index contributed by atoms with van der Waals surface area (Å²) >= 11 is 0. The Balaban J connectivity index is 4.35. The molecule has 2 amide bonds. The first-order valence-corrected chi connectivity index (χ1v) is 21.3. The van der Waals surface area contributed by atoms with Crippen molar-refractivity contribution in [1.29, 1.82) is 0 Å².